The van der Waals surface area contributed by atoms with E-state index in [2.05, 4.69) is 15.6 Å². The molecule has 166 valence electrons. The Kier molecular flexibility index (Phi) is 6.45. The number of nitrogens with one attached hydrogen (secondary N) is 2. The van der Waals surface area contributed by atoms with E-state index >= 15 is 4.39 Å². The van der Waals surface area contributed by atoms with Gasteiger partial charge in [-0.2, -0.15) is 0 Å². The first kappa shape index (κ1) is 22.5. The lowest BCUT2D eigenvalue weighted by Crippen LogP contribution is -2.64. The Labute approximate surface area is 181 Å². The molecule has 0 radical (unpaired) electrons. The number of pyridine rings is 1. The summed E-state index contributed by atoms with van der Waals surface area (Å²) in [7, 11) is 0. The molecule has 3 amide bonds. The molecule has 31 heavy (non-hydrogen) atoms. The van der Waals surface area contributed by atoms with Gasteiger partial charge in [0.15, 0.2) is 5.82 Å². The highest BCUT2D eigenvalue weighted by Crippen LogP contribution is 2.28. The van der Waals surface area contributed by atoms with E-state index in [1.807, 2.05) is 32.6 Å². The van der Waals surface area contributed by atoms with E-state index < -0.39 is 23.5 Å². The third kappa shape index (κ3) is 5.29. The van der Waals surface area contributed by atoms with Crippen LogP contribution in [0.4, 0.5) is 25.4 Å². The van der Waals surface area contributed by atoms with E-state index in [4.69, 9.17) is 0 Å². The summed E-state index contributed by atoms with van der Waals surface area (Å²) in [4.78, 5) is 31.4. The van der Waals surface area contributed by atoms with Crippen molar-refractivity contribution >= 4 is 23.5 Å². The van der Waals surface area contributed by atoms with E-state index in [9.17, 15) is 14.7 Å². The number of halogens is 1. The summed E-state index contributed by atoms with van der Waals surface area (Å²) in [5, 5.41) is 14.7. The quantitative estimate of drug-likeness (QED) is 0.679. The van der Waals surface area contributed by atoms with Gasteiger partial charge in [-0.3, -0.25) is 14.8 Å². The summed E-state index contributed by atoms with van der Waals surface area (Å²) in [6, 6.07) is 7.55. The summed E-state index contributed by atoms with van der Waals surface area (Å²) in [6.07, 6.45) is 0.575. The lowest BCUT2D eigenvalue weighted by atomic mass is 9.95. The highest BCUT2D eigenvalue weighted by Gasteiger charge is 2.41. The van der Waals surface area contributed by atoms with Gasteiger partial charge in [-0.15, -0.1) is 0 Å². The van der Waals surface area contributed by atoms with Crippen LogP contribution in [0.5, 0.6) is 0 Å². The molecular weight excluding hydrogens is 401 g/mol. The second-order valence-corrected chi connectivity index (χ2v) is 8.53. The third-order valence-corrected chi connectivity index (χ3v) is 5.32. The van der Waals surface area contributed by atoms with Crippen molar-refractivity contribution in [1.29, 1.82) is 0 Å². The van der Waals surface area contributed by atoms with Crippen LogP contribution in [0.2, 0.25) is 0 Å². The van der Waals surface area contributed by atoms with E-state index in [-0.39, 0.29) is 11.7 Å². The van der Waals surface area contributed by atoms with Gasteiger partial charge in [0.25, 0.3) is 0 Å². The number of carbonyl (C=O) groups excluding carboxylic acids is 1. The lowest BCUT2D eigenvalue weighted by Gasteiger charge is -2.49. The smallest absolute Gasteiger partial charge is 0.408 e. The fourth-order valence-electron chi connectivity index (χ4n) is 4.17. The maximum absolute atomic E-state index is 15.1. The summed E-state index contributed by atoms with van der Waals surface area (Å²) >= 11 is 0. The zero-order valence-electron chi connectivity index (χ0n) is 18.1. The van der Waals surface area contributed by atoms with Crippen LogP contribution >= 0.6 is 0 Å². The van der Waals surface area contributed by atoms with Gasteiger partial charge in [0.05, 0.1) is 23.1 Å². The Bertz CT molecular complexity index is 964. The second kappa shape index (κ2) is 8.89. The zero-order chi connectivity index (χ0) is 22.8. The first-order chi connectivity index (χ1) is 14.6. The molecule has 3 rings (SSSR count). The molecule has 1 aromatic heterocycles. The Morgan fingerprint density at radius 2 is 2.00 bits per heavy atom. The minimum absolute atomic E-state index is 0.0755. The molecule has 0 aliphatic carbocycles. The number of amides is 3. The first-order valence-electron chi connectivity index (χ1n) is 10.1. The average Bonchev–Trinajstić information content (AvgIpc) is 2.65. The number of urea groups is 1. The van der Waals surface area contributed by atoms with Crippen LogP contribution in [-0.4, -0.2) is 56.7 Å². The number of carbonyl (C=O) groups is 2. The number of nitrogens with zero attached hydrogens (tertiary/aromatic N) is 3. The highest BCUT2D eigenvalue weighted by molar-refractivity contribution is 5.99. The van der Waals surface area contributed by atoms with Crippen LogP contribution < -0.4 is 10.6 Å². The molecule has 1 aliphatic rings. The molecule has 0 spiro atoms. The third-order valence-electron chi connectivity index (χ3n) is 5.32. The molecule has 1 aromatic carbocycles. The van der Waals surface area contributed by atoms with Gasteiger partial charge < -0.3 is 15.7 Å². The number of aromatic nitrogens is 1. The van der Waals surface area contributed by atoms with Crippen LogP contribution in [0.15, 0.2) is 36.5 Å². The zero-order valence-corrected chi connectivity index (χ0v) is 18.1. The van der Waals surface area contributed by atoms with Crippen molar-refractivity contribution in [3.63, 3.8) is 0 Å². The number of anilines is 2. The number of aryl methyl sites for hydroxylation is 1. The normalized spacial score (nSPS) is 18.5. The molecular formula is C22H28FN5O3. The largest absolute Gasteiger partial charge is 0.465 e. The summed E-state index contributed by atoms with van der Waals surface area (Å²) in [6.45, 7) is 8.70. The maximum atomic E-state index is 15.1. The summed E-state index contributed by atoms with van der Waals surface area (Å²) < 4.78 is 15.1. The number of carboxylic acid groups (broad SMARTS) is 1. The van der Waals surface area contributed by atoms with Crippen molar-refractivity contribution < 1.29 is 19.1 Å². The van der Waals surface area contributed by atoms with Gasteiger partial charge in [-0.25, -0.2) is 14.0 Å². The standard InChI is InChI=1S/C22H28FN5O3/c1-14-8-9-17(10-24-14)25-20(29)26-18-7-5-6-16(19(18)23)12-27-11-15(2)28(21(30)31)22(3,4)13-27/h5-10,15H,11-13H2,1-4H3,(H,30,31)(H2,25,26,29)/t15-/m1/s1. The highest BCUT2D eigenvalue weighted by atomic mass is 19.1. The number of benzene rings is 1. The summed E-state index contributed by atoms with van der Waals surface area (Å²) in [5.74, 6) is -0.509. The minimum Gasteiger partial charge on any atom is -0.465 e. The monoisotopic (exact) mass is 429 g/mol. The molecule has 0 saturated carbocycles. The lowest BCUT2D eigenvalue weighted by molar-refractivity contribution is -0.00947. The molecule has 2 heterocycles. The molecule has 2 aromatic rings. The Morgan fingerprint density at radius 1 is 1.26 bits per heavy atom. The van der Waals surface area contributed by atoms with Gasteiger partial charge in [-0.1, -0.05) is 12.1 Å². The molecule has 3 N–H and O–H groups in total. The van der Waals surface area contributed by atoms with E-state index in [1.54, 1.807) is 24.3 Å². The van der Waals surface area contributed by atoms with Crippen LogP contribution in [0.25, 0.3) is 0 Å². The molecule has 0 unspecified atom stereocenters. The number of hydrogen-bond donors (Lipinski definition) is 3. The predicted octanol–water partition coefficient (Wildman–Crippen LogP) is 4.14. The van der Waals surface area contributed by atoms with Crippen molar-refractivity contribution in [3.8, 4) is 0 Å². The van der Waals surface area contributed by atoms with Gasteiger partial charge in [0, 0.05) is 36.9 Å². The van der Waals surface area contributed by atoms with Gasteiger partial charge in [0.1, 0.15) is 0 Å². The number of piperazine rings is 1. The number of rotatable bonds is 4. The fraction of sp³-hybridized carbons (Fsp3) is 0.409. The van der Waals surface area contributed by atoms with Gasteiger partial charge in [0.2, 0.25) is 0 Å². The average molecular weight is 429 g/mol. The van der Waals surface area contributed by atoms with Crippen molar-refractivity contribution in [2.45, 2.75) is 45.8 Å². The van der Waals surface area contributed by atoms with Crippen LogP contribution in [0.1, 0.15) is 32.0 Å². The van der Waals surface area contributed by atoms with E-state index in [0.717, 1.165) is 5.69 Å². The van der Waals surface area contributed by atoms with Gasteiger partial charge >= 0.3 is 12.1 Å². The maximum Gasteiger partial charge on any atom is 0.408 e. The molecule has 0 bridgehead atoms. The molecule has 1 aliphatic heterocycles. The first-order valence-corrected chi connectivity index (χ1v) is 10.1. The Hall–Kier alpha value is -3.20. The van der Waals surface area contributed by atoms with Crippen LogP contribution in [0.3, 0.4) is 0 Å². The summed E-state index contributed by atoms with van der Waals surface area (Å²) in [5.41, 5.74) is 1.24. The molecule has 1 atom stereocenters. The second-order valence-electron chi connectivity index (χ2n) is 8.53. The van der Waals surface area contributed by atoms with Crippen LogP contribution in [0, 0.1) is 12.7 Å². The molecule has 8 nitrogen and oxygen atoms in total. The molecule has 1 fully saturated rings. The van der Waals surface area contributed by atoms with Crippen LogP contribution in [-0.2, 0) is 6.54 Å². The van der Waals surface area contributed by atoms with Crippen molar-refractivity contribution in [1.82, 2.24) is 14.8 Å². The Balaban J connectivity index is 1.69. The fourth-order valence-corrected chi connectivity index (χ4v) is 4.17. The Morgan fingerprint density at radius 3 is 2.61 bits per heavy atom. The predicted molar refractivity (Wildman–Crippen MR) is 117 cm³/mol. The number of hydrogen-bond acceptors (Lipinski definition) is 4. The van der Waals surface area contributed by atoms with E-state index in [0.29, 0.717) is 30.9 Å². The van der Waals surface area contributed by atoms with Crippen molar-refractivity contribution in [3.05, 3.63) is 53.6 Å². The van der Waals surface area contributed by atoms with Gasteiger partial charge in [-0.05, 0) is 45.9 Å². The topological polar surface area (TPSA) is 97.8 Å². The van der Waals surface area contributed by atoms with Crippen molar-refractivity contribution in [2.24, 2.45) is 0 Å². The molecule has 1 saturated heterocycles. The van der Waals surface area contributed by atoms with E-state index in [1.165, 1.54) is 17.2 Å². The SMILES string of the molecule is Cc1ccc(NC(=O)Nc2cccc(CN3C[C@@H](C)N(C(=O)O)C(C)(C)C3)c2F)cn1. The minimum atomic E-state index is -0.954. The van der Waals surface area contributed by atoms with Crippen molar-refractivity contribution in [2.75, 3.05) is 23.7 Å². The molecule has 9 heteroatoms.